The fraction of sp³-hybridized carbons (Fsp3) is 0.770. The molecule has 0 fully saturated rings. The van der Waals surface area contributed by atoms with Crippen molar-refractivity contribution in [1.29, 1.82) is 0 Å². The van der Waals surface area contributed by atoms with Crippen LogP contribution in [-0.2, 0) is 35.3 Å². The molecule has 2 unspecified atom stereocenters. The molecule has 2 atom stereocenters. The van der Waals surface area contributed by atoms with Gasteiger partial charge in [0.2, 0.25) is 0 Å². The molecule has 129 heavy (non-hydrogen) atoms. The van der Waals surface area contributed by atoms with Crippen LogP contribution in [0.4, 0.5) is 0 Å². The van der Waals surface area contributed by atoms with E-state index in [9.17, 15) is 9.59 Å². The summed E-state index contributed by atoms with van der Waals surface area (Å²) >= 11 is 1.90. The summed E-state index contributed by atoms with van der Waals surface area (Å²) in [7, 11) is 5.72. The summed E-state index contributed by atoms with van der Waals surface area (Å²) in [6, 6.07) is 27.9. The first-order chi connectivity index (χ1) is 59.8. The third-order valence-corrected chi connectivity index (χ3v) is 18.1. The maximum Gasteiger partial charge on any atom is 0.185 e. The number of aliphatic imine (C=N–C) groups is 1. The molecule has 5 aromatic rings. The van der Waals surface area contributed by atoms with E-state index < -0.39 is 0 Å². The van der Waals surface area contributed by atoms with Gasteiger partial charge in [-0.15, -0.1) is 0 Å². The molecule has 13 N–H and O–H groups in total. The number of ketones is 2. The van der Waals surface area contributed by atoms with Crippen molar-refractivity contribution < 1.29 is 19.8 Å². The molecule has 3 aromatic carbocycles. The minimum Gasteiger partial charge on any atom is -0.394 e. The van der Waals surface area contributed by atoms with Gasteiger partial charge in [-0.25, -0.2) is 4.98 Å². The van der Waals surface area contributed by atoms with Crippen molar-refractivity contribution in [3.63, 3.8) is 0 Å². The molecule has 0 aliphatic carbocycles. The van der Waals surface area contributed by atoms with Crippen LogP contribution in [0.5, 0.6) is 0 Å². The summed E-state index contributed by atoms with van der Waals surface area (Å²) in [5.41, 5.74) is 28.8. The number of benzene rings is 3. The van der Waals surface area contributed by atoms with Crippen LogP contribution in [0.25, 0.3) is 10.9 Å². The molecule has 0 radical (unpaired) electrons. The van der Waals surface area contributed by atoms with Crippen LogP contribution in [0.15, 0.2) is 103 Å². The number of para-hydroxylation sites is 1. The predicted octanol–water partition coefficient (Wildman–Crippen LogP) is 36.2. The van der Waals surface area contributed by atoms with Crippen LogP contribution in [0, 0.1) is 24.7 Å². The molecule has 2 heterocycles. The molecule has 16 heteroatoms. The largest absolute Gasteiger partial charge is 0.394 e. The Morgan fingerprint density at radius 2 is 0.899 bits per heavy atom. The first-order valence-electron chi connectivity index (χ1n) is 50.7. The second-order valence-electron chi connectivity index (χ2n) is 31.6. The summed E-state index contributed by atoms with van der Waals surface area (Å²) in [5, 5.41) is 21.4. The zero-order chi connectivity index (χ0) is 102. The van der Waals surface area contributed by atoms with Gasteiger partial charge in [-0.05, 0) is 185 Å². The van der Waals surface area contributed by atoms with Crippen molar-refractivity contribution in [3.05, 3.63) is 126 Å². The summed E-state index contributed by atoms with van der Waals surface area (Å²) in [4.78, 5) is 33.7. The van der Waals surface area contributed by atoms with Gasteiger partial charge < -0.3 is 58.0 Å². The van der Waals surface area contributed by atoms with Gasteiger partial charge in [0.1, 0.15) is 11.6 Å². The second kappa shape index (κ2) is 173. The topological polar surface area (TPSA) is 248 Å². The van der Waals surface area contributed by atoms with Crippen LogP contribution in [-0.4, -0.2) is 111 Å². The van der Waals surface area contributed by atoms with Gasteiger partial charge in [-0.1, -0.05) is 467 Å². The third kappa shape index (κ3) is 250. The average molecular weight is 1890 g/mol. The molecule has 0 amide bonds. The Bertz CT molecular complexity index is 2430. The number of aromatic amines is 2. The Morgan fingerprint density at radius 1 is 0.504 bits per heavy atom. The highest BCUT2D eigenvalue weighted by Crippen LogP contribution is 2.20. The van der Waals surface area contributed by atoms with Gasteiger partial charge >= 0.3 is 0 Å². The lowest BCUT2D eigenvalue weighted by molar-refractivity contribution is -0.117. The van der Waals surface area contributed by atoms with Gasteiger partial charge in [-0.3, -0.25) is 4.99 Å². The number of hydrogen-bond donors (Lipinski definition) is 9. The fourth-order valence-electron chi connectivity index (χ4n) is 6.58. The SMILES string of the molecule is C.C.C.CC.CC(C)C.CC(C)O.CCC.CCC.CCC.CCC(C)=O.CCC(C)C.CCC(C)C.CCCC.CCCC(C)=O.CCCC(O)CC.CCCCCC.CCCCCN.CCCCCNC.CCCCN=C(N)N.CCCSC.CCSSCC(C)N.CCc1c[nH]c2ccccc12.CCc1ccc(C)cc1.CCc1ccccc1.CCc1cnc[nH]1. The molecular weight excluding hydrogens is 1640 g/mol. The Kier molecular flexibility index (Phi) is 234. The maximum atomic E-state index is 10.0. The summed E-state index contributed by atoms with van der Waals surface area (Å²) in [5.74, 6) is 6.89. The van der Waals surface area contributed by atoms with Crippen molar-refractivity contribution in [2.45, 2.75) is 510 Å². The molecule has 0 aliphatic heterocycles. The second-order valence-corrected chi connectivity index (χ2v) is 35.3. The number of imidazole rings is 1. The average Bonchev–Trinajstić information content (AvgIpc) is 1.70. The summed E-state index contributed by atoms with van der Waals surface area (Å²) in [6.45, 7) is 86.3. The van der Waals surface area contributed by atoms with Crippen LogP contribution in [0.1, 0.15) is 487 Å². The quantitative estimate of drug-likeness (QED) is 0.00843. The standard InChI is InChI=1S/C10H11N.C9H12.C8H10.C6H15N.C6H14O.C6H14.C5H13N3.C5H8N2.C5H13NS2.C5H13N.C5H10O.2C5H12.C4H8O.C4H10S.2C4H10.C3H8O.3C3H8.C2H6.3CH4/c1-2-8-7-11-10-6-4-3-5-9(8)10;1-3-9-6-4-8(2)5-7-9;1-2-8-6-4-3-5-7-8;1-3-4-5-6-7-2;1-3-5-6(7)4-2;1-3-5-6-4-2;1-2-3-4-8-5(6)7;1-2-5-3-6-4-7-5;1-3-7-8-4-5(2)6;1-2-3-4-5-6;1-3-4-5(2)6;2*1-4-5(2)3;1-3-4(2)5;1-3-4-5-2;1-4(2)3;1-3-4-2;1-3(2)4;3*1-3-2;1-2;;;/h3-7,11H,2H2,1H3;4-7H,3H2,1-2H3;3-7H,2H2,1H3;7H,3-6H2,1-2H3;6-7H,3-5H2,1-2H3;3-6H2,1-2H3;2-4H2,1H3,(H4,6,7,8);3-4H,2H2,1H3,(H,6,7);5H,3-4,6H2,1-2H3;2-6H2,1H3;3-4H2,1-2H3;2*5H,4H2,1-3H3;3H2,1-2H3;3-4H2,1-2H3;4H,1-3H3;3-4H2,1-2H3;3-4H,1-2H3;3*3H2,1-2H3;1-2H3;3*1H4. The number of nitrogens with one attached hydrogen (secondary N) is 3. The number of carbonyl (C=O) groups excluding carboxylic acids is 2. The van der Waals surface area contributed by atoms with Crippen molar-refractivity contribution in [2.75, 3.05) is 50.2 Å². The Labute approximate surface area is 827 Å². The Balaban J connectivity index is -0.0000000541. The highest BCUT2D eigenvalue weighted by Gasteiger charge is 1.99. The van der Waals surface area contributed by atoms with Gasteiger partial charge in [-0.2, -0.15) is 11.8 Å². The number of aryl methyl sites for hydroxylation is 5. The number of rotatable bonds is 32. The summed E-state index contributed by atoms with van der Waals surface area (Å²) in [6.07, 6.45) is 43.1. The molecule has 0 saturated heterocycles. The van der Waals surface area contributed by atoms with Gasteiger partial charge in [0.15, 0.2) is 5.96 Å². The van der Waals surface area contributed by atoms with E-state index in [1.165, 1.54) is 172 Å². The third-order valence-electron chi connectivity index (χ3n) is 14.6. The number of carbonyl (C=O) groups is 2. The Morgan fingerprint density at radius 3 is 1.13 bits per heavy atom. The fourth-order valence-corrected chi connectivity index (χ4v) is 8.90. The van der Waals surface area contributed by atoms with Gasteiger partial charge in [0.05, 0.1) is 12.4 Å². The smallest absolute Gasteiger partial charge is 0.185 e. The number of aromatic nitrogens is 3. The van der Waals surface area contributed by atoms with Crippen LogP contribution in [0.3, 0.4) is 0 Å². The first-order valence-corrected chi connectivity index (χ1v) is 54.6. The van der Waals surface area contributed by atoms with Crippen LogP contribution < -0.4 is 28.3 Å². The number of fused-ring (bicyclic) bond motifs is 1. The number of aliphatic hydroxyl groups is 2. The van der Waals surface area contributed by atoms with E-state index in [2.05, 4.69) is 318 Å². The zero-order valence-corrected chi connectivity index (χ0v) is 95.2. The molecule has 0 spiro atoms. The number of aliphatic hydroxyl groups excluding tert-OH is 2. The predicted molar refractivity (Wildman–Crippen MR) is 618 cm³/mol. The molecule has 5 rings (SSSR count). The van der Waals surface area contributed by atoms with E-state index in [4.69, 9.17) is 33.1 Å². The van der Waals surface area contributed by atoms with Gasteiger partial charge in [0, 0.05) is 72.0 Å². The van der Waals surface area contributed by atoms with Crippen molar-refractivity contribution in [2.24, 2.45) is 45.7 Å². The molecule has 0 aliphatic rings. The molecular formula is C113H245N9O4S3. The molecule has 13 nitrogen and oxygen atoms in total. The number of nitrogens with zero attached hydrogens (tertiary/aromatic N) is 2. The minimum atomic E-state index is -0.167. The van der Waals surface area contributed by atoms with Crippen LogP contribution in [0.2, 0.25) is 0 Å². The minimum absolute atomic E-state index is 0. The van der Waals surface area contributed by atoms with Crippen molar-refractivity contribution in [3.8, 4) is 0 Å². The number of unbranched alkanes of at least 4 members (excludes halogenated alkanes) is 9. The number of guanidine groups is 1. The highest BCUT2D eigenvalue weighted by atomic mass is 33.1. The van der Waals surface area contributed by atoms with E-state index in [0.29, 0.717) is 12.5 Å². The van der Waals surface area contributed by atoms with E-state index in [1.54, 1.807) is 34.0 Å². The van der Waals surface area contributed by atoms with Crippen LogP contribution >= 0.6 is 33.3 Å². The van der Waals surface area contributed by atoms with E-state index >= 15 is 0 Å². The molecule has 2 aromatic heterocycles. The van der Waals surface area contributed by atoms with Gasteiger partial charge in [0.25, 0.3) is 0 Å². The normalized spacial score (nSPS) is 9.16. The maximum absolute atomic E-state index is 10.0. The number of H-pyrrole nitrogens is 2. The first kappa shape index (κ1) is 174. The molecule has 0 bridgehead atoms. The lowest BCUT2D eigenvalue weighted by atomic mass is 10.1. The van der Waals surface area contributed by atoms with E-state index in [0.717, 1.165) is 107 Å². The number of Topliss-reactive ketones (excluding diaryl/α,β-unsaturated/α-hetero) is 2. The zero-order valence-electron chi connectivity index (χ0n) is 92.8. The molecule has 784 valence electrons. The van der Waals surface area contributed by atoms with E-state index in [-0.39, 0.29) is 52.0 Å². The monoisotopic (exact) mass is 1890 g/mol. The van der Waals surface area contributed by atoms with Crippen molar-refractivity contribution >= 4 is 61.8 Å². The lowest BCUT2D eigenvalue weighted by Gasteiger charge is -2.01. The number of hydrogen-bond acceptors (Lipinski definition) is 12. The number of thioether (sulfide) groups is 1. The van der Waals surface area contributed by atoms with Crippen molar-refractivity contribution in [1.82, 2.24) is 20.3 Å². The van der Waals surface area contributed by atoms with E-state index in [1.807, 2.05) is 94.2 Å². The number of nitrogens with two attached hydrogens (primary N) is 4. The summed E-state index contributed by atoms with van der Waals surface area (Å²) < 4.78 is 0. The molecule has 0 saturated carbocycles. The Hall–Kier alpha value is -4.13. The lowest BCUT2D eigenvalue weighted by Crippen LogP contribution is -2.22. The highest BCUT2D eigenvalue weighted by molar-refractivity contribution is 8.76.